The van der Waals surface area contributed by atoms with Crippen LogP contribution in [0.4, 0.5) is 15.8 Å². The number of carbonyl (C=O) groups is 1. The van der Waals surface area contributed by atoms with Crippen molar-refractivity contribution in [1.29, 1.82) is 0 Å². The Bertz CT molecular complexity index is 656. The average Bonchev–Trinajstić information content (AvgIpc) is 2.42. The summed E-state index contributed by atoms with van der Waals surface area (Å²) in [6.45, 7) is 3.67. The number of halogens is 1. The van der Waals surface area contributed by atoms with Gasteiger partial charge in [-0.15, -0.1) is 0 Å². The van der Waals surface area contributed by atoms with Crippen LogP contribution in [0.1, 0.15) is 21.6 Å². The molecule has 20 heavy (non-hydrogen) atoms. The molecular weight excluding hydrogens is 257 g/mol. The van der Waals surface area contributed by atoms with Crippen molar-refractivity contribution in [3.05, 3.63) is 53.1 Å². The first-order valence-corrected chi connectivity index (χ1v) is 6.23. The Kier molecular flexibility index (Phi) is 3.98. The Hall–Kier alpha value is -2.43. The van der Waals surface area contributed by atoms with Gasteiger partial charge in [0.15, 0.2) is 0 Å². The summed E-state index contributed by atoms with van der Waals surface area (Å²) in [5, 5.41) is 5.50. The molecule has 0 saturated carbocycles. The van der Waals surface area contributed by atoms with E-state index in [4.69, 9.17) is 0 Å². The van der Waals surface area contributed by atoms with E-state index in [0.29, 0.717) is 11.3 Å². The molecule has 0 aliphatic heterocycles. The van der Waals surface area contributed by atoms with Crippen LogP contribution >= 0.6 is 0 Å². The van der Waals surface area contributed by atoms with E-state index in [1.165, 1.54) is 12.3 Å². The number of benzene rings is 1. The second-order valence-electron chi connectivity index (χ2n) is 4.56. The van der Waals surface area contributed by atoms with Gasteiger partial charge in [-0.3, -0.25) is 9.78 Å². The predicted octanol–water partition coefficient (Wildman–Crippen LogP) is 3.13. The summed E-state index contributed by atoms with van der Waals surface area (Å²) in [7, 11) is 1.72. The van der Waals surface area contributed by atoms with Crippen LogP contribution in [0, 0.1) is 19.7 Å². The molecule has 104 valence electrons. The van der Waals surface area contributed by atoms with Crippen LogP contribution in [-0.2, 0) is 0 Å². The van der Waals surface area contributed by atoms with Crippen molar-refractivity contribution >= 4 is 17.3 Å². The first kappa shape index (κ1) is 14.0. The number of carbonyl (C=O) groups excluding carboxylic acids is 1. The zero-order valence-corrected chi connectivity index (χ0v) is 11.6. The number of hydrogen-bond donors (Lipinski definition) is 2. The molecule has 0 unspecified atom stereocenters. The third-order valence-electron chi connectivity index (χ3n) is 2.92. The Balaban J connectivity index is 2.30. The van der Waals surface area contributed by atoms with Crippen molar-refractivity contribution in [1.82, 2.24) is 4.98 Å². The highest BCUT2D eigenvalue weighted by Gasteiger charge is 2.14. The largest absolute Gasteiger partial charge is 0.387 e. The molecule has 0 aliphatic carbocycles. The van der Waals surface area contributed by atoms with Crippen LogP contribution in [-0.4, -0.2) is 17.9 Å². The van der Waals surface area contributed by atoms with Crippen LogP contribution in [0.5, 0.6) is 0 Å². The predicted molar refractivity (Wildman–Crippen MR) is 77.6 cm³/mol. The van der Waals surface area contributed by atoms with Crippen molar-refractivity contribution in [2.75, 3.05) is 17.7 Å². The molecule has 1 aromatic carbocycles. The summed E-state index contributed by atoms with van der Waals surface area (Å²) in [5.41, 5.74) is 2.87. The number of aromatic nitrogens is 1. The molecule has 0 fully saturated rings. The number of aryl methyl sites for hydroxylation is 2. The second kappa shape index (κ2) is 5.69. The Labute approximate surface area is 117 Å². The van der Waals surface area contributed by atoms with Gasteiger partial charge in [0.2, 0.25) is 0 Å². The van der Waals surface area contributed by atoms with E-state index in [-0.39, 0.29) is 5.69 Å². The molecule has 0 spiro atoms. The van der Waals surface area contributed by atoms with Gasteiger partial charge >= 0.3 is 0 Å². The number of anilines is 2. The van der Waals surface area contributed by atoms with E-state index in [1.54, 1.807) is 25.2 Å². The lowest BCUT2D eigenvalue weighted by Crippen LogP contribution is -2.15. The normalized spacial score (nSPS) is 10.2. The minimum Gasteiger partial charge on any atom is -0.387 e. The van der Waals surface area contributed by atoms with E-state index in [1.807, 2.05) is 13.8 Å². The maximum atomic E-state index is 13.6. The highest BCUT2D eigenvalue weighted by atomic mass is 19.1. The zero-order valence-electron chi connectivity index (χ0n) is 11.6. The summed E-state index contributed by atoms with van der Waals surface area (Å²) < 4.78 is 13.6. The first-order chi connectivity index (χ1) is 9.51. The highest BCUT2D eigenvalue weighted by molar-refractivity contribution is 6.07. The number of hydrogen-bond acceptors (Lipinski definition) is 3. The molecule has 0 aliphatic rings. The number of rotatable bonds is 3. The maximum Gasteiger partial charge on any atom is 0.259 e. The molecule has 2 rings (SSSR count). The van der Waals surface area contributed by atoms with Gasteiger partial charge in [0.1, 0.15) is 5.82 Å². The van der Waals surface area contributed by atoms with Crippen LogP contribution in [0.3, 0.4) is 0 Å². The summed E-state index contributed by atoms with van der Waals surface area (Å²) in [5.74, 6) is -0.860. The van der Waals surface area contributed by atoms with Crippen molar-refractivity contribution in [3.63, 3.8) is 0 Å². The summed E-state index contributed by atoms with van der Waals surface area (Å²) >= 11 is 0. The highest BCUT2D eigenvalue weighted by Crippen LogP contribution is 2.20. The molecular formula is C15H16FN3O. The lowest BCUT2D eigenvalue weighted by Gasteiger charge is -2.11. The molecule has 0 saturated heterocycles. The lowest BCUT2D eigenvalue weighted by atomic mass is 10.1. The minimum atomic E-state index is -0.463. The van der Waals surface area contributed by atoms with Gasteiger partial charge in [0.05, 0.1) is 16.9 Å². The van der Waals surface area contributed by atoms with Gasteiger partial charge in [-0.2, -0.15) is 0 Å². The molecule has 1 heterocycles. The van der Waals surface area contributed by atoms with Crippen molar-refractivity contribution in [2.45, 2.75) is 13.8 Å². The van der Waals surface area contributed by atoms with Gasteiger partial charge in [-0.1, -0.05) is 6.07 Å². The Morgan fingerprint density at radius 1 is 1.20 bits per heavy atom. The van der Waals surface area contributed by atoms with Gasteiger partial charge in [0.25, 0.3) is 5.91 Å². The van der Waals surface area contributed by atoms with E-state index in [0.717, 1.165) is 11.3 Å². The lowest BCUT2D eigenvalue weighted by molar-refractivity contribution is 0.102. The number of nitrogens with one attached hydrogen (secondary N) is 2. The molecule has 0 bridgehead atoms. The monoisotopic (exact) mass is 273 g/mol. The van der Waals surface area contributed by atoms with Crippen LogP contribution in [0.25, 0.3) is 0 Å². The van der Waals surface area contributed by atoms with Gasteiger partial charge in [-0.25, -0.2) is 4.39 Å². The van der Waals surface area contributed by atoms with E-state index >= 15 is 0 Å². The van der Waals surface area contributed by atoms with E-state index < -0.39 is 11.7 Å². The van der Waals surface area contributed by atoms with Crippen molar-refractivity contribution in [3.8, 4) is 0 Å². The number of pyridine rings is 1. The number of nitrogens with zero attached hydrogens (tertiary/aromatic N) is 1. The van der Waals surface area contributed by atoms with E-state index in [9.17, 15) is 9.18 Å². The van der Waals surface area contributed by atoms with E-state index in [2.05, 4.69) is 15.6 Å². The Morgan fingerprint density at radius 2 is 1.95 bits per heavy atom. The van der Waals surface area contributed by atoms with Crippen molar-refractivity contribution < 1.29 is 9.18 Å². The minimum absolute atomic E-state index is 0.164. The third kappa shape index (κ3) is 2.93. The van der Waals surface area contributed by atoms with Gasteiger partial charge in [-0.05, 0) is 37.6 Å². The molecule has 4 nitrogen and oxygen atoms in total. The molecule has 2 aromatic rings. The van der Waals surface area contributed by atoms with Crippen molar-refractivity contribution in [2.24, 2.45) is 0 Å². The first-order valence-electron chi connectivity index (χ1n) is 6.23. The zero-order chi connectivity index (χ0) is 14.7. The standard InChI is InChI=1S/C15H16FN3O/c1-9-4-5-12(16)14(6-9)19-15(20)11-8-18-10(2)7-13(11)17-3/h4-8H,1-3H3,(H,17,18)(H,19,20). The summed E-state index contributed by atoms with van der Waals surface area (Å²) in [6, 6.07) is 6.34. The summed E-state index contributed by atoms with van der Waals surface area (Å²) in [4.78, 5) is 16.3. The Morgan fingerprint density at radius 3 is 2.65 bits per heavy atom. The maximum absolute atomic E-state index is 13.6. The molecule has 0 atom stereocenters. The summed E-state index contributed by atoms with van der Waals surface area (Å²) in [6.07, 6.45) is 1.48. The molecule has 0 radical (unpaired) electrons. The van der Waals surface area contributed by atoms with Crippen LogP contribution in [0.15, 0.2) is 30.5 Å². The second-order valence-corrected chi connectivity index (χ2v) is 4.56. The van der Waals surface area contributed by atoms with Gasteiger partial charge < -0.3 is 10.6 Å². The van der Waals surface area contributed by atoms with Crippen LogP contribution < -0.4 is 10.6 Å². The topological polar surface area (TPSA) is 54.0 Å². The van der Waals surface area contributed by atoms with Gasteiger partial charge in [0, 0.05) is 18.9 Å². The quantitative estimate of drug-likeness (QED) is 0.903. The molecule has 2 N–H and O–H groups in total. The average molecular weight is 273 g/mol. The SMILES string of the molecule is CNc1cc(C)ncc1C(=O)Nc1cc(C)ccc1F. The number of amides is 1. The van der Waals surface area contributed by atoms with Crippen LogP contribution in [0.2, 0.25) is 0 Å². The molecule has 5 heteroatoms. The molecule has 1 aromatic heterocycles. The third-order valence-corrected chi connectivity index (χ3v) is 2.92. The molecule has 1 amide bonds. The fraction of sp³-hybridized carbons (Fsp3) is 0.200. The smallest absolute Gasteiger partial charge is 0.259 e. The fourth-order valence-electron chi connectivity index (χ4n) is 1.87. The fourth-order valence-corrected chi connectivity index (χ4v) is 1.87.